The number of hydrogen-bond acceptors (Lipinski definition) is 3. The second-order valence-corrected chi connectivity index (χ2v) is 6.19. The van der Waals surface area contributed by atoms with E-state index in [1.807, 2.05) is 6.92 Å². The van der Waals surface area contributed by atoms with Crippen LogP contribution in [0.15, 0.2) is 18.2 Å². The summed E-state index contributed by atoms with van der Waals surface area (Å²) in [5.74, 6) is -0.847. The van der Waals surface area contributed by atoms with Crippen molar-refractivity contribution in [2.75, 3.05) is 37.6 Å². The molecule has 138 valence electrons. The summed E-state index contributed by atoms with van der Waals surface area (Å²) < 4.78 is 14.3. The first-order chi connectivity index (χ1) is 11.6. The van der Waals surface area contributed by atoms with Crippen molar-refractivity contribution in [3.05, 3.63) is 29.6 Å². The number of carbonyl (C=O) groups excluding carboxylic acids is 2. The number of nitrogens with zero attached hydrogens (tertiary/aromatic N) is 2. The van der Waals surface area contributed by atoms with Crippen LogP contribution in [-0.2, 0) is 0 Å². The minimum Gasteiger partial charge on any atom is -0.336 e. The van der Waals surface area contributed by atoms with Crippen molar-refractivity contribution in [2.45, 2.75) is 25.8 Å². The third-order valence-electron chi connectivity index (χ3n) is 4.55. The van der Waals surface area contributed by atoms with E-state index in [1.54, 1.807) is 4.90 Å². The van der Waals surface area contributed by atoms with Crippen LogP contribution in [0.5, 0.6) is 0 Å². The molecule has 2 N–H and O–H groups in total. The fourth-order valence-corrected chi connectivity index (χ4v) is 3.31. The number of anilines is 1. The van der Waals surface area contributed by atoms with Gasteiger partial charge >= 0.3 is 6.03 Å². The van der Waals surface area contributed by atoms with Crippen LogP contribution in [-0.4, -0.2) is 55.6 Å². The van der Waals surface area contributed by atoms with Gasteiger partial charge in [-0.15, -0.1) is 12.4 Å². The number of halogens is 2. The highest BCUT2D eigenvalue weighted by Crippen LogP contribution is 2.23. The van der Waals surface area contributed by atoms with E-state index in [0.717, 1.165) is 25.9 Å². The largest absolute Gasteiger partial charge is 0.336 e. The van der Waals surface area contributed by atoms with E-state index < -0.39 is 5.82 Å². The molecule has 1 aromatic carbocycles. The minimum absolute atomic E-state index is 0. The predicted octanol–water partition coefficient (Wildman–Crippen LogP) is 1.99. The van der Waals surface area contributed by atoms with Gasteiger partial charge in [0.15, 0.2) is 0 Å². The molecule has 1 aromatic rings. The Morgan fingerprint density at radius 2 is 2.20 bits per heavy atom. The Bertz CT molecular complexity index is 637. The quantitative estimate of drug-likeness (QED) is 0.833. The van der Waals surface area contributed by atoms with Gasteiger partial charge in [0, 0.05) is 37.9 Å². The van der Waals surface area contributed by atoms with Crippen molar-refractivity contribution in [3.63, 3.8) is 0 Å². The van der Waals surface area contributed by atoms with E-state index in [0.29, 0.717) is 25.3 Å². The molecule has 0 aliphatic carbocycles. The monoisotopic (exact) mass is 370 g/mol. The summed E-state index contributed by atoms with van der Waals surface area (Å²) in [6.07, 6.45) is 1.69. The first kappa shape index (κ1) is 19.5. The van der Waals surface area contributed by atoms with Gasteiger partial charge in [0.1, 0.15) is 5.82 Å². The first-order valence-electron chi connectivity index (χ1n) is 8.48. The maximum Gasteiger partial charge on any atom is 0.321 e. The summed E-state index contributed by atoms with van der Waals surface area (Å²) in [5, 5.41) is 5.95. The van der Waals surface area contributed by atoms with Gasteiger partial charge in [-0.05, 0) is 37.6 Å². The van der Waals surface area contributed by atoms with Crippen LogP contribution in [0.2, 0.25) is 0 Å². The van der Waals surface area contributed by atoms with Crippen LogP contribution >= 0.6 is 12.4 Å². The second kappa shape index (κ2) is 8.49. The van der Waals surface area contributed by atoms with E-state index in [-0.39, 0.29) is 36.0 Å². The molecular formula is C17H24ClFN4O2. The summed E-state index contributed by atoms with van der Waals surface area (Å²) in [6, 6.07) is 4.18. The highest BCUT2D eigenvalue weighted by atomic mass is 35.5. The zero-order chi connectivity index (χ0) is 17.1. The maximum atomic E-state index is 14.3. The fourth-order valence-electron chi connectivity index (χ4n) is 3.31. The Kier molecular flexibility index (Phi) is 6.61. The molecule has 0 aromatic heterocycles. The molecular weight excluding hydrogens is 347 g/mol. The fraction of sp³-hybridized carbons (Fsp3) is 0.529. The number of urea groups is 1. The number of hydrogen-bond donors (Lipinski definition) is 2. The molecule has 8 heteroatoms. The van der Waals surface area contributed by atoms with Crippen LogP contribution in [0, 0.1) is 5.82 Å². The number of carbonyl (C=O) groups is 2. The van der Waals surface area contributed by atoms with Gasteiger partial charge in [-0.25, -0.2) is 9.18 Å². The zero-order valence-electron chi connectivity index (χ0n) is 14.3. The molecule has 2 fully saturated rings. The summed E-state index contributed by atoms with van der Waals surface area (Å²) in [7, 11) is 0. The molecule has 6 nitrogen and oxygen atoms in total. The summed E-state index contributed by atoms with van der Waals surface area (Å²) in [5.41, 5.74) is 0.586. The van der Waals surface area contributed by atoms with Crippen LogP contribution in [0.3, 0.4) is 0 Å². The Balaban J connectivity index is 0.00000225. The average molecular weight is 371 g/mol. The lowest BCUT2D eigenvalue weighted by molar-refractivity contribution is 0.0687. The summed E-state index contributed by atoms with van der Waals surface area (Å²) in [4.78, 5) is 28.0. The van der Waals surface area contributed by atoms with Gasteiger partial charge in [-0.2, -0.15) is 0 Å². The number of nitrogens with one attached hydrogen (secondary N) is 2. The van der Waals surface area contributed by atoms with Gasteiger partial charge in [0.05, 0.1) is 5.56 Å². The standard InChI is InChI=1S/C17H23FN4O2.ClH/c1-2-8-21(13-5-6-19-11-13)16(23)14-10-12(3-4-15(14)18)22-9-7-20-17(22)24;/h3-4,10,13,19H,2,5-9,11H2,1H3,(H,20,24);1H. The third kappa shape index (κ3) is 4.04. The van der Waals surface area contributed by atoms with Crippen molar-refractivity contribution >= 4 is 30.0 Å². The lowest BCUT2D eigenvalue weighted by Crippen LogP contribution is -2.42. The van der Waals surface area contributed by atoms with Crippen LogP contribution < -0.4 is 15.5 Å². The third-order valence-corrected chi connectivity index (χ3v) is 4.55. The minimum atomic E-state index is -0.546. The Hall–Kier alpha value is -1.86. The predicted molar refractivity (Wildman–Crippen MR) is 97.0 cm³/mol. The van der Waals surface area contributed by atoms with Crippen LogP contribution in [0.25, 0.3) is 0 Å². The number of benzene rings is 1. The summed E-state index contributed by atoms with van der Waals surface area (Å²) >= 11 is 0. The van der Waals surface area contributed by atoms with Gasteiger partial charge < -0.3 is 15.5 Å². The molecule has 2 aliphatic heterocycles. The molecule has 25 heavy (non-hydrogen) atoms. The normalized spacial score (nSPS) is 19.5. The smallest absolute Gasteiger partial charge is 0.321 e. The van der Waals surface area contributed by atoms with Gasteiger partial charge in [0.2, 0.25) is 0 Å². The van der Waals surface area contributed by atoms with E-state index in [4.69, 9.17) is 0 Å². The molecule has 0 radical (unpaired) electrons. The molecule has 2 heterocycles. The van der Waals surface area contributed by atoms with Crippen LogP contribution in [0.1, 0.15) is 30.1 Å². The van der Waals surface area contributed by atoms with Gasteiger partial charge in [0.25, 0.3) is 5.91 Å². The van der Waals surface area contributed by atoms with Gasteiger partial charge in [-0.1, -0.05) is 6.92 Å². The first-order valence-corrected chi connectivity index (χ1v) is 8.48. The lowest BCUT2D eigenvalue weighted by Gasteiger charge is -2.29. The average Bonchev–Trinajstić information content (AvgIpc) is 3.24. The number of rotatable bonds is 5. The lowest BCUT2D eigenvalue weighted by atomic mass is 10.1. The molecule has 0 spiro atoms. The molecule has 2 saturated heterocycles. The van der Waals surface area contributed by atoms with E-state index in [1.165, 1.54) is 23.1 Å². The molecule has 1 unspecified atom stereocenters. The second-order valence-electron chi connectivity index (χ2n) is 6.19. The summed E-state index contributed by atoms with van der Waals surface area (Å²) in [6.45, 7) is 5.28. The maximum absolute atomic E-state index is 14.3. The van der Waals surface area contributed by atoms with E-state index >= 15 is 0 Å². The Morgan fingerprint density at radius 1 is 1.40 bits per heavy atom. The zero-order valence-corrected chi connectivity index (χ0v) is 15.1. The molecule has 0 saturated carbocycles. The Labute approximate surface area is 153 Å². The molecule has 2 aliphatic rings. The van der Waals surface area contributed by atoms with Crippen LogP contribution in [0.4, 0.5) is 14.9 Å². The highest BCUT2D eigenvalue weighted by molar-refractivity contribution is 5.98. The molecule has 1 atom stereocenters. The topological polar surface area (TPSA) is 64.7 Å². The van der Waals surface area contributed by atoms with Crippen molar-refractivity contribution in [1.29, 1.82) is 0 Å². The highest BCUT2D eigenvalue weighted by Gasteiger charge is 2.29. The SMILES string of the molecule is CCCN(C(=O)c1cc(N2CCNC2=O)ccc1F)C1CCNC1.Cl. The van der Waals surface area contributed by atoms with Crippen molar-refractivity contribution < 1.29 is 14.0 Å². The van der Waals surface area contributed by atoms with Crippen molar-refractivity contribution in [2.24, 2.45) is 0 Å². The molecule has 3 amide bonds. The molecule has 3 rings (SSSR count). The van der Waals surface area contributed by atoms with Crippen molar-refractivity contribution in [1.82, 2.24) is 15.5 Å². The van der Waals surface area contributed by atoms with E-state index in [9.17, 15) is 14.0 Å². The molecule has 0 bridgehead atoms. The van der Waals surface area contributed by atoms with Gasteiger partial charge in [-0.3, -0.25) is 9.69 Å². The Morgan fingerprint density at radius 3 is 2.80 bits per heavy atom. The van der Waals surface area contributed by atoms with Crippen molar-refractivity contribution in [3.8, 4) is 0 Å². The number of amides is 3. The van der Waals surface area contributed by atoms with E-state index in [2.05, 4.69) is 10.6 Å².